The summed E-state index contributed by atoms with van der Waals surface area (Å²) in [5.74, 6) is 0.489. The minimum atomic E-state index is -4.46. The van der Waals surface area contributed by atoms with E-state index in [1.165, 1.54) is 13.3 Å². The van der Waals surface area contributed by atoms with Crippen molar-refractivity contribution in [3.8, 4) is 5.75 Å². The fourth-order valence-corrected chi connectivity index (χ4v) is 1.75. The van der Waals surface area contributed by atoms with E-state index >= 15 is 0 Å². The van der Waals surface area contributed by atoms with E-state index in [1.54, 1.807) is 18.2 Å². The van der Waals surface area contributed by atoms with Crippen LogP contribution >= 0.6 is 0 Å². The van der Waals surface area contributed by atoms with E-state index in [9.17, 15) is 13.2 Å². The lowest BCUT2D eigenvalue weighted by Crippen LogP contribution is -2.28. The summed E-state index contributed by atoms with van der Waals surface area (Å²) in [5.41, 5.74) is 5.73. The zero-order valence-corrected chi connectivity index (χ0v) is 9.01. The lowest BCUT2D eigenvalue weighted by Gasteiger charge is -2.14. The number of methoxy groups -OCH3 is 1. The molecule has 1 aromatic carbocycles. The van der Waals surface area contributed by atoms with Crippen molar-refractivity contribution in [1.82, 2.24) is 4.98 Å². The number of fused-ring (bicyclic) bond motifs is 1. The Kier molecular flexibility index (Phi) is 2.74. The summed E-state index contributed by atoms with van der Waals surface area (Å²) in [6.45, 7) is 0. The Morgan fingerprint density at radius 1 is 1.35 bits per heavy atom. The Bertz CT molecular complexity index is 533. The maximum atomic E-state index is 12.6. The SMILES string of the molecule is COc1cccc2c(C(N)C(F)(F)F)c[nH]c12. The van der Waals surface area contributed by atoms with E-state index in [1.807, 2.05) is 0 Å². The molecule has 1 heterocycles. The van der Waals surface area contributed by atoms with Gasteiger partial charge in [-0.3, -0.25) is 0 Å². The first-order valence-corrected chi connectivity index (χ1v) is 4.91. The predicted molar refractivity (Wildman–Crippen MR) is 57.8 cm³/mol. The number of benzene rings is 1. The van der Waals surface area contributed by atoms with Gasteiger partial charge in [-0.15, -0.1) is 0 Å². The number of hydrogen-bond donors (Lipinski definition) is 2. The molecule has 17 heavy (non-hydrogen) atoms. The Labute approximate surface area is 95.4 Å². The lowest BCUT2D eigenvalue weighted by atomic mass is 10.1. The third-order valence-electron chi connectivity index (χ3n) is 2.62. The number of hydrogen-bond acceptors (Lipinski definition) is 2. The zero-order valence-electron chi connectivity index (χ0n) is 9.01. The lowest BCUT2D eigenvalue weighted by molar-refractivity contribution is -0.148. The molecule has 0 fully saturated rings. The third-order valence-corrected chi connectivity index (χ3v) is 2.62. The van der Waals surface area contributed by atoms with Gasteiger partial charge < -0.3 is 15.5 Å². The molecule has 92 valence electrons. The minimum absolute atomic E-state index is 0.0198. The maximum Gasteiger partial charge on any atom is 0.407 e. The van der Waals surface area contributed by atoms with Crippen molar-refractivity contribution in [1.29, 1.82) is 0 Å². The van der Waals surface area contributed by atoms with E-state index in [0.29, 0.717) is 16.7 Å². The number of rotatable bonds is 2. The maximum absolute atomic E-state index is 12.6. The van der Waals surface area contributed by atoms with Crippen LogP contribution in [0, 0.1) is 0 Å². The van der Waals surface area contributed by atoms with E-state index in [-0.39, 0.29) is 5.56 Å². The van der Waals surface area contributed by atoms with Gasteiger partial charge in [0.1, 0.15) is 11.8 Å². The number of alkyl halides is 3. The van der Waals surface area contributed by atoms with E-state index < -0.39 is 12.2 Å². The van der Waals surface area contributed by atoms with Crippen molar-refractivity contribution in [3.63, 3.8) is 0 Å². The van der Waals surface area contributed by atoms with Gasteiger partial charge in [-0.2, -0.15) is 13.2 Å². The highest BCUT2D eigenvalue weighted by atomic mass is 19.4. The van der Waals surface area contributed by atoms with E-state index in [4.69, 9.17) is 10.5 Å². The van der Waals surface area contributed by atoms with Gasteiger partial charge in [0.05, 0.1) is 12.6 Å². The van der Waals surface area contributed by atoms with Gasteiger partial charge in [-0.25, -0.2) is 0 Å². The van der Waals surface area contributed by atoms with Crippen LogP contribution < -0.4 is 10.5 Å². The Morgan fingerprint density at radius 3 is 2.65 bits per heavy atom. The number of nitrogens with two attached hydrogens (primary N) is 1. The molecule has 0 amide bonds. The topological polar surface area (TPSA) is 51.0 Å². The molecular formula is C11H11F3N2O. The second-order valence-corrected chi connectivity index (χ2v) is 3.65. The van der Waals surface area contributed by atoms with Gasteiger partial charge in [0.25, 0.3) is 0 Å². The Morgan fingerprint density at radius 2 is 2.06 bits per heavy atom. The zero-order chi connectivity index (χ0) is 12.6. The number of para-hydroxylation sites is 1. The van der Waals surface area contributed by atoms with Crippen LogP contribution in [0.3, 0.4) is 0 Å². The first-order valence-electron chi connectivity index (χ1n) is 4.91. The highest BCUT2D eigenvalue weighted by Gasteiger charge is 2.39. The molecule has 0 aliphatic carbocycles. The molecule has 0 aliphatic rings. The average Bonchev–Trinajstić information content (AvgIpc) is 2.69. The average molecular weight is 244 g/mol. The summed E-state index contributed by atoms with van der Waals surface area (Å²) in [4.78, 5) is 2.76. The molecule has 1 atom stereocenters. The van der Waals surface area contributed by atoms with Crippen molar-refractivity contribution in [2.45, 2.75) is 12.2 Å². The fourth-order valence-electron chi connectivity index (χ4n) is 1.75. The molecular weight excluding hydrogens is 233 g/mol. The van der Waals surface area contributed by atoms with E-state index in [0.717, 1.165) is 0 Å². The van der Waals surface area contributed by atoms with Crippen molar-refractivity contribution >= 4 is 10.9 Å². The van der Waals surface area contributed by atoms with Crippen LogP contribution in [0.25, 0.3) is 10.9 Å². The van der Waals surface area contributed by atoms with Gasteiger partial charge >= 0.3 is 6.18 Å². The first-order chi connectivity index (χ1) is 7.95. The second-order valence-electron chi connectivity index (χ2n) is 3.65. The minimum Gasteiger partial charge on any atom is -0.495 e. The monoisotopic (exact) mass is 244 g/mol. The van der Waals surface area contributed by atoms with Crippen LogP contribution in [-0.2, 0) is 0 Å². The molecule has 0 bridgehead atoms. The molecule has 0 spiro atoms. The number of aromatic amines is 1. The smallest absolute Gasteiger partial charge is 0.407 e. The summed E-state index contributed by atoms with van der Waals surface area (Å²) >= 11 is 0. The van der Waals surface area contributed by atoms with Crippen LogP contribution in [0.15, 0.2) is 24.4 Å². The van der Waals surface area contributed by atoms with Gasteiger partial charge in [0, 0.05) is 17.1 Å². The van der Waals surface area contributed by atoms with Gasteiger partial charge in [-0.05, 0) is 6.07 Å². The van der Waals surface area contributed by atoms with Crippen molar-refractivity contribution in [2.24, 2.45) is 5.73 Å². The standard InChI is InChI=1S/C11H11F3N2O/c1-17-8-4-2-3-6-7(5-16-9(6)8)10(15)11(12,13)14/h2-5,10,16H,15H2,1H3. The number of ether oxygens (including phenoxy) is 1. The summed E-state index contributed by atoms with van der Waals surface area (Å²) in [5, 5.41) is 0.425. The van der Waals surface area contributed by atoms with Gasteiger partial charge in [0.2, 0.25) is 0 Å². The molecule has 1 unspecified atom stereocenters. The second kappa shape index (κ2) is 3.96. The highest BCUT2D eigenvalue weighted by molar-refractivity contribution is 5.88. The molecule has 0 saturated heterocycles. The number of H-pyrrole nitrogens is 1. The van der Waals surface area contributed by atoms with Crippen LogP contribution in [0.4, 0.5) is 13.2 Å². The Hall–Kier alpha value is -1.69. The fraction of sp³-hybridized carbons (Fsp3) is 0.273. The van der Waals surface area contributed by atoms with Crippen LogP contribution in [-0.4, -0.2) is 18.3 Å². The molecule has 3 N–H and O–H groups in total. The van der Waals surface area contributed by atoms with Crippen LogP contribution in [0.1, 0.15) is 11.6 Å². The summed E-state index contributed by atoms with van der Waals surface area (Å²) < 4.78 is 42.7. The molecule has 2 rings (SSSR count). The molecule has 3 nitrogen and oxygen atoms in total. The first kappa shape index (κ1) is 11.8. The molecule has 2 aromatic rings. The van der Waals surface area contributed by atoms with Crippen molar-refractivity contribution in [2.75, 3.05) is 7.11 Å². The molecule has 0 radical (unpaired) electrons. The normalized spacial score (nSPS) is 13.9. The summed E-state index contributed by atoms with van der Waals surface area (Å²) in [6, 6.07) is 2.88. The number of nitrogens with one attached hydrogen (secondary N) is 1. The van der Waals surface area contributed by atoms with Crippen LogP contribution in [0.5, 0.6) is 5.75 Å². The van der Waals surface area contributed by atoms with Gasteiger partial charge in [-0.1, -0.05) is 12.1 Å². The number of halogens is 3. The Balaban J connectivity index is 2.58. The number of aromatic nitrogens is 1. The van der Waals surface area contributed by atoms with Crippen molar-refractivity contribution < 1.29 is 17.9 Å². The van der Waals surface area contributed by atoms with Gasteiger partial charge in [0.15, 0.2) is 0 Å². The summed E-state index contributed by atoms with van der Waals surface area (Å²) in [6.07, 6.45) is -3.19. The quantitative estimate of drug-likeness (QED) is 0.853. The molecule has 0 aliphatic heterocycles. The predicted octanol–water partition coefficient (Wildman–Crippen LogP) is 2.74. The largest absolute Gasteiger partial charge is 0.495 e. The molecule has 0 saturated carbocycles. The molecule has 6 heteroatoms. The highest BCUT2D eigenvalue weighted by Crippen LogP contribution is 2.36. The van der Waals surface area contributed by atoms with E-state index in [2.05, 4.69) is 4.98 Å². The van der Waals surface area contributed by atoms with Crippen LogP contribution in [0.2, 0.25) is 0 Å². The third kappa shape index (κ3) is 1.95. The molecule has 1 aromatic heterocycles. The van der Waals surface area contributed by atoms with Crippen molar-refractivity contribution in [3.05, 3.63) is 30.0 Å². The summed E-state index contributed by atoms with van der Waals surface area (Å²) in [7, 11) is 1.46.